The van der Waals surface area contributed by atoms with Crippen molar-refractivity contribution >= 4 is 0 Å². The van der Waals surface area contributed by atoms with Gasteiger partial charge in [0.25, 0.3) is 0 Å². The maximum Gasteiger partial charge on any atom is 0.0814 e. The molecule has 0 aromatic heterocycles. The van der Waals surface area contributed by atoms with Gasteiger partial charge in [0.1, 0.15) is 0 Å². The van der Waals surface area contributed by atoms with Crippen LogP contribution in [0.2, 0.25) is 0 Å². The average Bonchev–Trinajstić information content (AvgIpc) is 4.08. The third-order valence-corrected chi connectivity index (χ3v) is 9.21. The van der Waals surface area contributed by atoms with Crippen LogP contribution in [0.4, 0.5) is 0 Å². The molecule has 0 unspecified atom stereocenters. The minimum absolute atomic E-state index is 0.0258. The molecule has 4 aliphatic rings. The molecule has 8 atom stereocenters. The van der Waals surface area contributed by atoms with E-state index >= 15 is 0 Å². The van der Waals surface area contributed by atoms with Crippen LogP contribution >= 0.6 is 0 Å². The van der Waals surface area contributed by atoms with Gasteiger partial charge in [0.2, 0.25) is 0 Å². The molecule has 0 aromatic carbocycles. The topological polar surface area (TPSA) is 155 Å². The van der Waals surface area contributed by atoms with Crippen molar-refractivity contribution in [3.8, 4) is 0 Å². The molecule has 12 heteroatoms. The summed E-state index contributed by atoms with van der Waals surface area (Å²) in [6.45, 7) is 23.9. The molecule has 4 aliphatic heterocycles. The first kappa shape index (κ1) is 57.6. The van der Waals surface area contributed by atoms with Gasteiger partial charge in [-0.15, -0.1) is 0 Å². The van der Waals surface area contributed by atoms with Crippen LogP contribution in [0.5, 0.6) is 0 Å². The highest BCUT2D eigenvalue weighted by Crippen LogP contribution is 2.22. The van der Waals surface area contributed by atoms with Crippen LogP contribution < -0.4 is 0 Å². The van der Waals surface area contributed by atoms with Gasteiger partial charge < -0.3 is 58.3 Å². The molecule has 4 saturated heterocycles. The summed E-state index contributed by atoms with van der Waals surface area (Å²) in [7, 11) is 0. The van der Waals surface area contributed by atoms with Gasteiger partial charge in [-0.3, -0.25) is 0 Å². The van der Waals surface area contributed by atoms with Crippen LogP contribution in [-0.4, -0.2) is 149 Å². The monoisotopic (exact) mass is 813 g/mol. The van der Waals surface area contributed by atoms with Crippen LogP contribution in [0.3, 0.4) is 0 Å². The van der Waals surface area contributed by atoms with Gasteiger partial charge in [0.05, 0.1) is 102 Å². The molecule has 0 radical (unpaired) electrons. The van der Waals surface area contributed by atoms with Crippen molar-refractivity contribution in [3.63, 3.8) is 0 Å². The standard InChI is InChI=1S/2C12H24O3.2C6H12O3.2C4H10/c2*1-3-7-13-9-11-5-6-12(15-11)10-14-8-4-2;2*7-3-5-1-2-6(4-8)9-5;2*1-3-4-2/h2*11-12H,3-10H2,1-2H3;2*5-8H,1-4H2;2*3-4H2,1-2H3/t11-,12+;11-,12-;5-,6+;5-,6-;;/m.0.0../s1. The van der Waals surface area contributed by atoms with E-state index < -0.39 is 0 Å². The number of hydrogen-bond donors (Lipinski definition) is 4. The Kier molecular flexibility index (Phi) is 45.4. The average molecular weight is 813 g/mol. The molecule has 4 heterocycles. The van der Waals surface area contributed by atoms with Crippen molar-refractivity contribution in [2.45, 2.75) is 207 Å². The molecule has 0 amide bonds. The number of aliphatic hydroxyl groups is 4. The van der Waals surface area contributed by atoms with E-state index in [1.165, 1.54) is 25.7 Å². The quantitative estimate of drug-likeness (QED) is 0.0805. The predicted molar refractivity (Wildman–Crippen MR) is 226 cm³/mol. The van der Waals surface area contributed by atoms with Crippen molar-refractivity contribution in [1.29, 1.82) is 0 Å². The Labute approximate surface area is 344 Å². The van der Waals surface area contributed by atoms with Crippen LogP contribution in [0.1, 0.15) is 158 Å². The molecule has 4 rings (SSSR count). The number of hydrogen-bond acceptors (Lipinski definition) is 12. The Balaban J connectivity index is 0. The Hall–Kier alpha value is -0.480. The van der Waals surface area contributed by atoms with Crippen LogP contribution in [0.25, 0.3) is 0 Å². The highest BCUT2D eigenvalue weighted by atomic mass is 16.6. The van der Waals surface area contributed by atoms with E-state index in [2.05, 4.69) is 55.4 Å². The number of rotatable bonds is 22. The van der Waals surface area contributed by atoms with E-state index in [-0.39, 0.29) is 50.8 Å². The molecule has 340 valence electrons. The van der Waals surface area contributed by atoms with Crippen molar-refractivity contribution < 1.29 is 58.3 Å². The minimum atomic E-state index is -0.0258. The lowest BCUT2D eigenvalue weighted by molar-refractivity contribution is -0.0451. The molecule has 0 saturated carbocycles. The van der Waals surface area contributed by atoms with Crippen LogP contribution in [0.15, 0.2) is 0 Å². The SMILES string of the molecule is CCCC.CCCC.CCCOC[C@@H]1CC[C@@H](COCCC)O1.CCCOC[C@H]1CC[C@@H](COCCC)O1.OC[C@@H]1CC[C@@H](CO)O1.OC[C@@H]1CC[C@H](CO)O1. The zero-order valence-corrected chi connectivity index (χ0v) is 37.5. The van der Waals surface area contributed by atoms with Crippen molar-refractivity contribution in [2.24, 2.45) is 0 Å². The van der Waals surface area contributed by atoms with Gasteiger partial charge in [0.15, 0.2) is 0 Å². The largest absolute Gasteiger partial charge is 0.394 e. The van der Waals surface area contributed by atoms with E-state index in [0.29, 0.717) is 24.4 Å². The van der Waals surface area contributed by atoms with E-state index in [9.17, 15) is 0 Å². The van der Waals surface area contributed by atoms with Gasteiger partial charge in [-0.25, -0.2) is 0 Å². The van der Waals surface area contributed by atoms with E-state index in [0.717, 1.165) is 130 Å². The second kappa shape index (κ2) is 44.1. The highest BCUT2D eigenvalue weighted by molar-refractivity contribution is 4.74. The van der Waals surface area contributed by atoms with Crippen LogP contribution in [-0.2, 0) is 37.9 Å². The molecule has 12 nitrogen and oxygen atoms in total. The summed E-state index contributed by atoms with van der Waals surface area (Å²) in [5.41, 5.74) is 0. The van der Waals surface area contributed by atoms with E-state index in [1.54, 1.807) is 0 Å². The van der Waals surface area contributed by atoms with Gasteiger partial charge in [-0.1, -0.05) is 81.1 Å². The number of ether oxygens (including phenoxy) is 8. The van der Waals surface area contributed by atoms with E-state index in [1.807, 2.05) is 0 Å². The lowest BCUT2D eigenvalue weighted by Crippen LogP contribution is -2.20. The number of unbranched alkanes of at least 4 members (excludes halogenated alkanes) is 2. The first-order valence-corrected chi connectivity index (χ1v) is 22.6. The highest BCUT2D eigenvalue weighted by Gasteiger charge is 2.27. The van der Waals surface area contributed by atoms with Gasteiger partial charge in [-0.05, 0) is 77.0 Å². The third kappa shape index (κ3) is 34.4. The molecule has 56 heavy (non-hydrogen) atoms. The summed E-state index contributed by atoms with van der Waals surface area (Å²) in [5.74, 6) is 0. The zero-order chi connectivity index (χ0) is 42.1. The fourth-order valence-corrected chi connectivity index (χ4v) is 5.58. The van der Waals surface area contributed by atoms with Gasteiger partial charge in [-0.2, -0.15) is 0 Å². The Bertz CT molecular complexity index is 635. The molecule has 0 spiro atoms. The van der Waals surface area contributed by atoms with Crippen molar-refractivity contribution in [3.05, 3.63) is 0 Å². The smallest absolute Gasteiger partial charge is 0.0814 e. The number of aliphatic hydroxyl groups excluding tert-OH is 4. The fraction of sp³-hybridized carbons (Fsp3) is 1.00. The van der Waals surface area contributed by atoms with Crippen LogP contribution in [0, 0.1) is 0 Å². The summed E-state index contributed by atoms with van der Waals surface area (Å²) >= 11 is 0. The molecule has 0 aliphatic carbocycles. The Morgan fingerprint density at radius 2 is 0.482 bits per heavy atom. The van der Waals surface area contributed by atoms with Gasteiger partial charge >= 0.3 is 0 Å². The minimum Gasteiger partial charge on any atom is -0.394 e. The second-order valence-corrected chi connectivity index (χ2v) is 14.9. The predicted octanol–water partition coefficient (Wildman–Crippen LogP) is 7.42. The maximum absolute atomic E-state index is 8.57. The van der Waals surface area contributed by atoms with Crippen molar-refractivity contribution in [2.75, 3.05) is 79.3 Å². The molecular formula is C44H92O12. The third-order valence-electron chi connectivity index (χ3n) is 9.21. The summed E-state index contributed by atoms with van der Waals surface area (Å²) in [6.07, 6.45) is 18.6. The second-order valence-electron chi connectivity index (χ2n) is 14.9. The summed E-state index contributed by atoms with van der Waals surface area (Å²) in [5, 5.41) is 34.3. The zero-order valence-electron chi connectivity index (χ0n) is 37.5. The van der Waals surface area contributed by atoms with Gasteiger partial charge in [0, 0.05) is 26.4 Å². The van der Waals surface area contributed by atoms with E-state index in [4.69, 9.17) is 58.3 Å². The lowest BCUT2D eigenvalue weighted by atomic mass is 10.2. The molecule has 0 aromatic rings. The molecule has 4 N–H and O–H groups in total. The summed E-state index contributed by atoms with van der Waals surface area (Å²) < 4.78 is 43.8. The Morgan fingerprint density at radius 1 is 0.304 bits per heavy atom. The van der Waals surface area contributed by atoms with Crippen molar-refractivity contribution in [1.82, 2.24) is 0 Å². The molecule has 4 fully saturated rings. The Morgan fingerprint density at radius 3 is 0.625 bits per heavy atom. The fourth-order valence-electron chi connectivity index (χ4n) is 5.58. The molecular weight excluding hydrogens is 720 g/mol. The molecule has 0 bridgehead atoms. The summed E-state index contributed by atoms with van der Waals surface area (Å²) in [4.78, 5) is 0. The first-order chi connectivity index (χ1) is 27.3. The lowest BCUT2D eigenvalue weighted by Gasteiger charge is -2.13. The maximum atomic E-state index is 8.57. The summed E-state index contributed by atoms with van der Waals surface area (Å²) in [6, 6.07) is 0. The normalized spacial score (nSPS) is 26.4. The first-order valence-electron chi connectivity index (χ1n) is 22.6.